The average Bonchev–Trinajstić information content (AvgIpc) is 2.79. The van der Waals surface area contributed by atoms with Crippen molar-refractivity contribution in [2.45, 2.75) is 76.8 Å². The molecule has 162 valence electrons. The molecule has 1 rings (SSSR count). The quantitative estimate of drug-likeness (QED) is 0.400. The van der Waals surface area contributed by atoms with Crippen LogP contribution in [0.25, 0.3) is 0 Å². The average molecular weight is 427 g/mol. The first kappa shape index (κ1) is 24.5. The summed E-state index contributed by atoms with van der Waals surface area (Å²) in [4.78, 5) is 15.2. The van der Waals surface area contributed by atoms with Gasteiger partial charge in [-0.25, -0.2) is 0 Å². The second kappa shape index (κ2) is 8.09. The van der Waals surface area contributed by atoms with Crippen molar-refractivity contribution in [3.05, 3.63) is 0 Å². The van der Waals surface area contributed by atoms with Crippen molar-refractivity contribution in [3.63, 3.8) is 0 Å². The molecule has 0 aromatic heterocycles. The van der Waals surface area contributed by atoms with Crippen LogP contribution in [-0.4, -0.2) is 56.5 Å². The van der Waals surface area contributed by atoms with Crippen LogP contribution in [-0.2, 0) is 9.16 Å². The van der Waals surface area contributed by atoms with Gasteiger partial charge < -0.3 is 24.0 Å². The molecule has 0 aromatic carbocycles. The van der Waals surface area contributed by atoms with Crippen LogP contribution in [0.1, 0.15) is 34.6 Å². The first-order valence-electron chi connectivity index (χ1n) is 8.87. The van der Waals surface area contributed by atoms with E-state index in [1.165, 1.54) is 13.8 Å². The van der Waals surface area contributed by atoms with Gasteiger partial charge in [-0.1, -0.05) is 20.8 Å². The molecule has 8 nitrogen and oxygen atoms in total. The molecule has 0 radical (unpaired) electrons. The normalized spacial score (nSPS) is 22.5. The Kier molecular flexibility index (Phi) is 7.09. The summed E-state index contributed by atoms with van der Waals surface area (Å²) in [5.74, 6) is -2.15. The Morgan fingerprint density at radius 2 is 1.96 bits per heavy atom. The molecule has 0 spiro atoms. The molecule has 0 bridgehead atoms. The number of nitrogens with one attached hydrogen (secondary N) is 1. The van der Waals surface area contributed by atoms with Gasteiger partial charge in [0.25, 0.3) is 0 Å². The van der Waals surface area contributed by atoms with E-state index in [9.17, 15) is 23.1 Å². The number of halogens is 3. The van der Waals surface area contributed by atoms with E-state index in [2.05, 4.69) is 10.0 Å². The van der Waals surface area contributed by atoms with Crippen LogP contribution < -0.4 is 10.0 Å². The van der Waals surface area contributed by atoms with Crippen LogP contribution in [0.4, 0.5) is 18.0 Å². The number of nitrogens with zero attached hydrogens (tertiary/aromatic N) is 3. The van der Waals surface area contributed by atoms with Crippen LogP contribution in [0.2, 0.25) is 18.1 Å². The van der Waals surface area contributed by atoms with E-state index in [0.717, 1.165) is 4.90 Å². The van der Waals surface area contributed by atoms with E-state index in [0.29, 0.717) is 0 Å². The van der Waals surface area contributed by atoms with Crippen molar-refractivity contribution in [2.24, 2.45) is 11.0 Å². The summed E-state index contributed by atoms with van der Waals surface area (Å²) in [6, 6.07) is -1.23. The van der Waals surface area contributed by atoms with Crippen LogP contribution in [0.5, 0.6) is 0 Å². The van der Waals surface area contributed by atoms with Crippen molar-refractivity contribution < 1.29 is 32.2 Å². The molecule has 0 aromatic rings. The highest BCUT2D eigenvalue weighted by atomic mass is 28.4. The minimum Gasteiger partial charge on any atom is -0.530 e. The maximum atomic E-state index is 13.9. The van der Waals surface area contributed by atoms with Gasteiger partial charge in [0.05, 0.1) is 18.8 Å². The Bertz CT molecular complexity index is 630. The first-order valence-corrected chi connectivity index (χ1v) is 11.8. The molecule has 0 aliphatic carbocycles. The zero-order chi connectivity index (χ0) is 22.1. The number of ether oxygens (including phenoxy) is 1. The summed E-state index contributed by atoms with van der Waals surface area (Å²) in [6.07, 6.45) is -7.96. The van der Waals surface area contributed by atoms with Gasteiger partial charge in [-0.3, -0.25) is 0 Å². The predicted octanol–water partition coefficient (Wildman–Crippen LogP) is 2.89. The summed E-state index contributed by atoms with van der Waals surface area (Å²) in [5, 5.41) is 14.5. The monoisotopic (exact) mass is 426 g/mol. The number of hydrogen-bond donors (Lipinski definition) is 1. The van der Waals surface area contributed by atoms with E-state index >= 15 is 0 Å². The zero-order valence-corrected chi connectivity index (χ0v) is 18.3. The number of carbonyl (C=O) groups excluding carboxylic acids is 1. The fourth-order valence-corrected chi connectivity index (χ4v) is 4.25. The molecule has 28 heavy (non-hydrogen) atoms. The third-order valence-electron chi connectivity index (χ3n) is 5.50. The molecule has 1 N–H and O–H groups in total. The van der Waals surface area contributed by atoms with Crippen molar-refractivity contribution in [2.75, 3.05) is 13.2 Å². The van der Waals surface area contributed by atoms with E-state index in [1.807, 2.05) is 20.8 Å². The van der Waals surface area contributed by atoms with Gasteiger partial charge in [0, 0.05) is 0 Å². The molecule has 1 fully saturated rings. The zero-order valence-electron chi connectivity index (χ0n) is 17.3. The second-order valence-electron chi connectivity index (χ2n) is 8.88. The van der Waals surface area contributed by atoms with Gasteiger partial charge in [-0.05, 0) is 32.0 Å². The van der Waals surface area contributed by atoms with Crippen LogP contribution in [0, 0.1) is 11.4 Å². The highest BCUT2D eigenvalue weighted by molar-refractivity contribution is 6.74. The van der Waals surface area contributed by atoms with Crippen molar-refractivity contribution >= 4 is 14.4 Å². The number of carbonyl (C=O) groups is 1. The Labute approximate surface area is 163 Å². The molecule has 1 aliphatic heterocycles. The molecule has 1 heterocycles. The molecule has 1 saturated heterocycles. The lowest BCUT2D eigenvalue weighted by Gasteiger charge is -2.46. The lowest BCUT2D eigenvalue weighted by atomic mass is 9.94. The summed E-state index contributed by atoms with van der Waals surface area (Å²) in [5.41, 5.74) is 5.37. The highest BCUT2D eigenvalue weighted by Crippen LogP contribution is 2.43. The molecule has 1 amide bonds. The van der Waals surface area contributed by atoms with E-state index in [-0.39, 0.29) is 6.61 Å². The van der Waals surface area contributed by atoms with Gasteiger partial charge in [-0.2, -0.15) is 13.2 Å². The molecule has 12 heteroatoms. The van der Waals surface area contributed by atoms with Crippen molar-refractivity contribution in [1.82, 2.24) is 9.81 Å². The van der Waals surface area contributed by atoms with Gasteiger partial charge in [0.15, 0.2) is 8.32 Å². The number of hydrogen-bond acceptors (Lipinski definition) is 6. The van der Waals surface area contributed by atoms with Crippen LogP contribution in [0.3, 0.4) is 0 Å². The SMILES string of the molecule is CC1(C)OC[C@H]([C@H](O[Si](C)(C)C(C)(C)C)[C@H](CN=[N+]=N)C(F)(F)F)N1C(=O)[O-]. The van der Waals surface area contributed by atoms with Crippen molar-refractivity contribution in [3.8, 4) is 0 Å². The van der Waals surface area contributed by atoms with E-state index in [4.69, 9.17) is 14.7 Å². The Morgan fingerprint density at radius 3 is 2.36 bits per heavy atom. The third kappa shape index (κ3) is 5.31. The molecule has 0 saturated carbocycles. The summed E-state index contributed by atoms with van der Waals surface area (Å²) >= 11 is 0. The van der Waals surface area contributed by atoms with Crippen molar-refractivity contribution in [1.29, 1.82) is 5.53 Å². The van der Waals surface area contributed by atoms with Crippen LogP contribution >= 0.6 is 0 Å². The van der Waals surface area contributed by atoms with Crippen LogP contribution in [0.15, 0.2) is 5.11 Å². The standard InChI is InChI=1S/C16H29F3N4O4Si/c1-14(2,3)28(6,7)27-12(10(8-21-22-20)16(17,18)19)11-9-26-15(4,5)23(11)13(24)25/h10-12,20H,8-9H2,1-7H3/t10-,11+,12+/m0/s1. The maximum absolute atomic E-state index is 13.9. The molecular formula is C16H29F3N4O4Si. The molecule has 0 unspecified atom stereocenters. The number of alkyl halides is 3. The number of amides is 1. The molecule has 3 atom stereocenters. The Hall–Kier alpha value is -1.49. The minimum absolute atomic E-state index is 0.273. The van der Waals surface area contributed by atoms with Gasteiger partial charge in [-0.15, -0.1) is 0 Å². The molecule has 1 aliphatic rings. The topological polar surface area (TPSA) is 112 Å². The van der Waals surface area contributed by atoms with E-state index < -0.39 is 56.0 Å². The first-order chi connectivity index (χ1) is 12.5. The fraction of sp³-hybridized carbons (Fsp3) is 0.938. The minimum atomic E-state index is -4.74. The fourth-order valence-electron chi connectivity index (χ4n) is 2.90. The second-order valence-corrected chi connectivity index (χ2v) is 13.6. The third-order valence-corrected chi connectivity index (χ3v) is 9.97. The largest absolute Gasteiger partial charge is 0.530 e. The summed E-state index contributed by atoms with van der Waals surface area (Å²) < 4.78 is 53.2. The summed E-state index contributed by atoms with van der Waals surface area (Å²) in [6.45, 7) is 10.9. The summed E-state index contributed by atoms with van der Waals surface area (Å²) in [7, 11) is -2.74. The lowest BCUT2D eigenvalue weighted by molar-refractivity contribution is -0.279. The lowest BCUT2D eigenvalue weighted by Crippen LogP contribution is -2.62. The van der Waals surface area contributed by atoms with E-state index in [1.54, 1.807) is 13.1 Å². The maximum Gasteiger partial charge on any atom is 0.396 e. The highest BCUT2D eigenvalue weighted by Gasteiger charge is 2.56. The number of carboxylic acid groups (broad SMARTS) is 1. The van der Waals surface area contributed by atoms with Gasteiger partial charge in [0.2, 0.25) is 4.91 Å². The van der Waals surface area contributed by atoms with Gasteiger partial charge >= 0.3 is 6.18 Å². The number of rotatable bonds is 6. The Balaban J connectivity index is 3.50. The smallest absolute Gasteiger partial charge is 0.396 e. The Morgan fingerprint density at radius 1 is 1.43 bits per heavy atom. The predicted molar refractivity (Wildman–Crippen MR) is 94.8 cm³/mol. The van der Waals surface area contributed by atoms with Gasteiger partial charge in [0.1, 0.15) is 34.9 Å². The molecular weight excluding hydrogens is 397 g/mol.